The van der Waals surface area contributed by atoms with Gasteiger partial charge in [0.1, 0.15) is 0 Å². The topological polar surface area (TPSA) is 32.5 Å². The molecule has 0 radical (unpaired) electrons. The number of hydrogen-bond donors (Lipinski definition) is 1. The molecular weight excluding hydrogens is 270 g/mol. The van der Waals surface area contributed by atoms with Crippen LogP contribution in [-0.4, -0.2) is 37.6 Å². The molecule has 1 aliphatic rings. The van der Waals surface area contributed by atoms with Crippen LogP contribution in [0.25, 0.3) is 0 Å². The third-order valence-electron chi connectivity index (χ3n) is 3.83. The van der Waals surface area contributed by atoms with Crippen molar-refractivity contribution in [3.63, 3.8) is 0 Å². The van der Waals surface area contributed by atoms with E-state index in [4.69, 9.17) is 17.3 Å². The highest BCUT2D eigenvalue weighted by Crippen LogP contribution is 2.29. The number of rotatable bonds is 4. The summed E-state index contributed by atoms with van der Waals surface area (Å²) in [5, 5.41) is 0.817. The molecule has 1 aliphatic heterocycles. The van der Waals surface area contributed by atoms with Crippen LogP contribution in [0.15, 0.2) is 18.2 Å². The van der Waals surface area contributed by atoms with Gasteiger partial charge in [0, 0.05) is 38.8 Å². The highest BCUT2D eigenvalue weighted by atomic mass is 35.5. The number of hydrogen-bond acceptors (Lipinski definition) is 3. The average molecular weight is 296 g/mol. The normalized spacial score (nSPS) is 18.6. The summed E-state index contributed by atoms with van der Waals surface area (Å²) in [5.74, 6) is 0.732. The van der Waals surface area contributed by atoms with Crippen molar-refractivity contribution < 1.29 is 0 Å². The Morgan fingerprint density at radius 1 is 1.15 bits per heavy atom. The van der Waals surface area contributed by atoms with Crippen LogP contribution in [0.1, 0.15) is 32.4 Å². The van der Waals surface area contributed by atoms with Crippen molar-refractivity contribution in [2.75, 3.05) is 37.6 Å². The van der Waals surface area contributed by atoms with Crippen LogP contribution in [0, 0.1) is 5.92 Å². The maximum atomic E-state index is 6.42. The number of anilines is 1. The molecule has 0 amide bonds. The lowest BCUT2D eigenvalue weighted by atomic mass is 10.1. The molecule has 2 rings (SSSR count). The van der Waals surface area contributed by atoms with E-state index in [1.54, 1.807) is 0 Å². The van der Waals surface area contributed by atoms with Gasteiger partial charge in [-0.1, -0.05) is 31.5 Å². The van der Waals surface area contributed by atoms with E-state index >= 15 is 0 Å². The Kier molecular flexibility index (Phi) is 5.30. The Hall–Kier alpha value is -0.770. The molecule has 1 atom stereocenters. The highest BCUT2D eigenvalue weighted by molar-refractivity contribution is 6.33. The first-order valence-corrected chi connectivity index (χ1v) is 7.87. The summed E-state index contributed by atoms with van der Waals surface area (Å²) >= 11 is 6.42. The van der Waals surface area contributed by atoms with E-state index < -0.39 is 0 Å². The summed E-state index contributed by atoms with van der Waals surface area (Å²) in [5.41, 5.74) is 8.13. The van der Waals surface area contributed by atoms with Crippen LogP contribution in [0.4, 0.5) is 5.69 Å². The highest BCUT2D eigenvalue weighted by Gasteiger charge is 2.19. The third kappa shape index (κ3) is 3.87. The Bertz CT molecular complexity index is 437. The van der Waals surface area contributed by atoms with Crippen molar-refractivity contribution in [3.8, 4) is 0 Å². The van der Waals surface area contributed by atoms with Crippen molar-refractivity contribution in [1.82, 2.24) is 4.90 Å². The first kappa shape index (κ1) is 15.6. The predicted molar refractivity (Wildman–Crippen MR) is 87.5 cm³/mol. The molecule has 1 heterocycles. The number of nitrogens with two attached hydrogens (primary N) is 1. The number of nitrogens with zero attached hydrogens (tertiary/aromatic N) is 2. The van der Waals surface area contributed by atoms with Gasteiger partial charge in [0.2, 0.25) is 0 Å². The van der Waals surface area contributed by atoms with E-state index in [1.165, 1.54) is 6.54 Å². The van der Waals surface area contributed by atoms with Gasteiger partial charge in [-0.2, -0.15) is 0 Å². The minimum Gasteiger partial charge on any atom is -0.368 e. The fourth-order valence-electron chi connectivity index (χ4n) is 2.75. The van der Waals surface area contributed by atoms with Gasteiger partial charge in [-0.3, -0.25) is 4.90 Å². The van der Waals surface area contributed by atoms with Crippen LogP contribution in [0.5, 0.6) is 0 Å². The maximum absolute atomic E-state index is 6.42. The molecule has 0 spiro atoms. The van der Waals surface area contributed by atoms with Gasteiger partial charge in [0.15, 0.2) is 0 Å². The lowest BCUT2D eigenvalue weighted by Crippen LogP contribution is -2.47. The summed E-state index contributed by atoms with van der Waals surface area (Å²) in [6.07, 6.45) is 0. The molecule has 0 aromatic heterocycles. The predicted octanol–water partition coefficient (Wildman–Crippen LogP) is 3.14. The van der Waals surface area contributed by atoms with Crippen molar-refractivity contribution >= 4 is 17.3 Å². The molecule has 1 fully saturated rings. The zero-order valence-electron chi connectivity index (χ0n) is 12.8. The van der Waals surface area contributed by atoms with Gasteiger partial charge >= 0.3 is 0 Å². The van der Waals surface area contributed by atoms with Crippen LogP contribution in [0.3, 0.4) is 0 Å². The second-order valence-corrected chi connectivity index (χ2v) is 6.59. The second kappa shape index (κ2) is 6.79. The largest absolute Gasteiger partial charge is 0.368 e. The first-order chi connectivity index (χ1) is 9.47. The van der Waals surface area contributed by atoms with Gasteiger partial charge in [0.05, 0.1) is 10.7 Å². The molecular formula is C16H26ClN3. The third-order valence-corrected chi connectivity index (χ3v) is 4.14. The van der Waals surface area contributed by atoms with E-state index in [0.717, 1.165) is 48.4 Å². The Morgan fingerprint density at radius 2 is 1.80 bits per heavy atom. The molecule has 0 bridgehead atoms. The maximum Gasteiger partial charge on any atom is 0.0642 e. The number of benzene rings is 1. The van der Waals surface area contributed by atoms with Gasteiger partial charge < -0.3 is 10.6 Å². The van der Waals surface area contributed by atoms with Gasteiger partial charge in [-0.25, -0.2) is 0 Å². The van der Waals surface area contributed by atoms with Crippen molar-refractivity contribution in [1.29, 1.82) is 0 Å². The lowest BCUT2D eigenvalue weighted by molar-refractivity contribution is 0.231. The number of piperazine rings is 1. The number of halogens is 1. The fourth-order valence-corrected chi connectivity index (χ4v) is 3.06. The summed E-state index contributed by atoms with van der Waals surface area (Å²) in [6.45, 7) is 12.0. The summed E-state index contributed by atoms with van der Waals surface area (Å²) < 4.78 is 0. The average Bonchev–Trinajstić information content (AvgIpc) is 2.39. The molecule has 1 saturated heterocycles. The molecule has 112 valence electrons. The van der Waals surface area contributed by atoms with Crippen molar-refractivity contribution in [2.45, 2.75) is 26.8 Å². The van der Waals surface area contributed by atoms with Gasteiger partial charge in [-0.15, -0.1) is 0 Å². The molecule has 0 unspecified atom stereocenters. The van der Waals surface area contributed by atoms with Crippen LogP contribution >= 0.6 is 11.6 Å². The SMILES string of the molecule is CC(C)CN1CCN(c2ccc([C@@H](C)N)cc2Cl)CC1. The smallest absolute Gasteiger partial charge is 0.0642 e. The quantitative estimate of drug-likeness (QED) is 0.926. The van der Waals surface area contributed by atoms with Crippen LogP contribution < -0.4 is 10.6 Å². The molecule has 0 aliphatic carbocycles. The molecule has 0 saturated carbocycles. The molecule has 20 heavy (non-hydrogen) atoms. The molecule has 1 aromatic rings. The van der Waals surface area contributed by atoms with Crippen LogP contribution in [-0.2, 0) is 0 Å². The van der Waals surface area contributed by atoms with E-state index in [2.05, 4.69) is 35.8 Å². The minimum atomic E-state index is 0.0319. The van der Waals surface area contributed by atoms with E-state index in [-0.39, 0.29) is 6.04 Å². The monoisotopic (exact) mass is 295 g/mol. The van der Waals surface area contributed by atoms with E-state index in [9.17, 15) is 0 Å². The minimum absolute atomic E-state index is 0.0319. The van der Waals surface area contributed by atoms with Gasteiger partial charge in [0.25, 0.3) is 0 Å². The van der Waals surface area contributed by atoms with E-state index in [0.29, 0.717) is 0 Å². The molecule has 4 heteroatoms. The fraction of sp³-hybridized carbons (Fsp3) is 0.625. The second-order valence-electron chi connectivity index (χ2n) is 6.18. The summed E-state index contributed by atoms with van der Waals surface area (Å²) in [7, 11) is 0. The molecule has 2 N–H and O–H groups in total. The standard InChI is InChI=1S/C16H26ClN3/c1-12(2)11-19-6-8-20(9-7-19)16-5-4-14(13(3)18)10-15(16)17/h4-5,10,12-13H,6-9,11,18H2,1-3H3/t13-/m1/s1. The van der Waals surface area contributed by atoms with E-state index in [1.807, 2.05) is 13.0 Å². The van der Waals surface area contributed by atoms with Gasteiger partial charge in [-0.05, 0) is 30.5 Å². The summed E-state index contributed by atoms with van der Waals surface area (Å²) in [4.78, 5) is 4.91. The molecule has 3 nitrogen and oxygen atoms in total. The lowest BCUT2D eigenvalue weighted by Gasteiger charge is -2.37. The Labute approximate surface area is 127 Å². The van der Waals surface area contributed by atoms with Crippen molar-refractivity contribution in [3.05, 3.63) is 28.8 Å². The first-order valence-electron chi connectivity index (χ1n) is 7.49. The molecule has 1 aromatic carbocycles. The van der Waals surface area contributed by atoms with Crippen LogP contribution in [0.2, 0.25) is 5.02 Å². The summed E-state index contributed by atoms with van der Waals surface area (Å²) in [6, 6.07) is 6.23. The Morgan fingerprint density at radius 3 is 2.30 bits per heavy atom. The van der Waals surface area contributed by atoms with Crippen molar-refractivity contribution in [2.24, 2.45) is 11.7 Å². The zero-order valence-corrected chi connectivity index (χ0v) is 13.5. The Balaban J connectivity index is 2.00. The zero-order chi connectivity index (χ0) is 14.7.